The van der Waals surface area contributed by atoms with E-state index in [2.05, 4.69) is 44.0 Å². The average Bonchev–Trinajstić information content (AvgIpc) is 3.08. The van der Waals surface area contributed by atoms with E-state index in [-0.39, 0.29) is 21.7 Å². The Hall–Kier alpha value is -0.880. The number of aromatic nitrogens is 4. The second-order valence-electron chi connectivity index (χ2n) is 6.11. The molecule has 0 radical (unpaired) electrons. The van der Waals surface area contributed by atoms with Gasteiger partial charge in [-0.25, -0.2) is 28.6 Å². The molecule has 0 bridgehead atoms. The van der Waals surface area contributed by atoms with Crippen LogP contribution in [0.4, 0.5) is 5.82 Å². The number of hydrogen-bond acceptors (Lipinski definition) is 13. The van der Waals surface area contributed by atoms with Gasteiger partial charge in [-0.15, -0.1) is 0 Å². The van der Waals surface area contributed by atoms with Gasteiger partial charge in [0.2, 0.25) is 0 Å². The molecule has 22 heteroatoms. The number of phosphoric acid groups is 3. The molecule has 2 aromatic heterocycles. The second-order valence-corrected chi connectivity index (χ2v) is 11.2. The molecule has 0 spiro atoms. The van der Waals surface area contributed by atoms with E-state index >= 15 is 0 Å². The van der Waals surface area contributed by atoms with E-state index in [9.17, 15) is 28.8 Å². The van der Waals surface area contributed by atoms with Crippen LogP contribution in [0.15, 0.2) is 11.1 Å². The van der Waals surface area contributed by atoms with Crippen LogP contribution in [0.25, 0.3) is 11.2 Å². The van der Waals surface area contributed by atoms with Crippen molar-refractivity contribution in [1.82, 2.24) is 19.5 Å². The van der Waals surface area contributed by atoms with Crippen LogP contribution in [0.1, 0.15) is 6.23 Å². The number of fused-ring (bicyclic) bond motifs is 1. The minimum atomic E-state index is -5.71. The van der Waals surface area contributed by atoms with Crippen molar-refractivity contribution in [3.63, 3.8) is 0 Å². The molecule has 32 heavy (non-hydrogen) atoms. The van der Waals surface area contributed by atoms with Crippen LogP contribution >= 0.6 is 39.4 Å². The molecule has 1 aliphatic heterocycles. The Labute approximate surface area is 185 Å². The Bertz CT molecular complexity index is 1160. The fraction of sp³-hybridized carbons (Fsp3) is 0.500. The predicted octanol–water partition coefficient (Wildman–Crippen LogP) is -0.867. The highest BCUT2D eigenvalue weighted by Gasteiger charge is 2.47. The van der Waals surface area contributed by atoms with Gasteiger partial charge >= 0.3 is 23.5 Å². The van der Waals surface area contributed by atoms with E-state index in [1.165, 1.54) is 4.57 Å². The molecule has 0 amide bonds. The molecular formula is C10H15BrN5O13P3. The molecule has 8 N–H and O–H groups in total. The molecule has 0 saturated carbocycles. The largest absolute Gasteiger partial charge is 0.490 e. The highest BCUT2D eigenvalue weighted by molar-refractivity contribution is 9.10. The number of nitrogen functional groups attached to an aromatic ring is 1. The minimum absolute atomic E-state index is 0.0201. The first-order chi connectivity index (χ1) is 14.6. The number of aliphatic hydroxyl groups is 2. The van der Waals surface area contributed by atoms with Crippen molar-refractivity contribution in [3.8, 4) is 0 Å². The average molecular weight is 586 g/mol. The number of ether oxygens (including phenoxy) is 1. The maximum Gasteiger partial charge on any atom is 0.490 e. The Morgan fingerprint density at radius 3 is 2.38 bits per heavy atom. The van der Waals surface area contributed by atoms with Crippen LogP contribution in [0.2, 0.25) is 0 Å². The minimum Gasteiger partial charge on any atom is -0.387 e. The van der Waals surface area contributed by atoms with E-state index in [4.69, 9.17) is 25.2 Å². The molecule has 1 fully saturated rings. The Morgan fingerprint density at radius 2 is 1.75 bits per heavy atom. The fourth-order valence-electron chi connectivity index (χ4n) is 2.68. The summed E-state index contributed by atoms with van der Waals surface area (Å²) in [7, 11) is -16.7. The SMILES string of the molecule is Nc1ncnc2c1nc(Br)n2[C@@H]1O[C@H](COP(=O)(O)OP(=O)(O)OP(=O)(O)O)[C@@H](O)[C@@H]1O. The maximum atomic E-state index is 11.8. The number of aliphatic hydroxyl groups excluding tert-OH is 2. The van der Waals surface area contributed by atoms with Gasteiger partial charge in [-0.3, -0.25) is 9.09 Å². The predicted molar refractivity (Wildman–Crippen MR) is 103 cm³/mol. The molecule has 3 rings (SSSR count). The standard InChI is InChI=1S/C10H15BrN5O13P3/c11-10-15-4-7(12)13-2-14-8(4)16(10)9-6(18)5(17)3(27-9)1-26-31(22,23)29-32(24,25)28-30(19,20)21/h2-3,5-6,9,17-18H,1H2,(H,22,23)(H,24,25)(H2,12,13,14)(H2,19,20,21)/t3-,5-,6+,9-/m1/s1. The molecule has 18 nitrogen and oxygen atoms in total. The number of anilines is 1. The van der Waals surface area contributed by atoms with Crippen molar-refractivity contribution in [2.75, 3.05) is 12.3 Å². The number of hydrogen-bond donors (Lipinski definition) is 7. The molecule has 1 aliphatic rings. The Morgan fingerprint density at radius 1 is 1.09 bits per heavy atom. The van der Waals surface area contributed by atoms with E-state index in [1.54, 1.807) is 0 Å². The number of nitrogens with zero attached hydrogens (tertiary/aromatic N) is 4. The zero-order valence-corrected chi connectivity index (χ0v) is 19.5. The van der Waals surface area contributed by atoms with Gasteiger partial charge in [-0.2, -0.15) is 8.62 Å². The van der Waals surface area contributed by atoms with Crippen molar-refractivity contribution >= 4 is 56.4 Å². The third-order valence-corrected chi connectivity index (χ3v) is 8.23. The van der Waals surface area contributed by atoms with Crippen LogP contribution in [-0.2, 0) is 31.6 Å². The van der Waals surface area contributed by atoms with E-state index in [0.717, 1.165) is 6.33 Å². The van der Waals surface area contributed by atoms with Crippen LogP contribution in [0.3, 0.4) is 0 Å². The van der Waals surface area contributed by atoms with Crippen LogP contribution in [0.5, 0.6) is 0 Å². The summed E-state index contributed by atoms with van der Waals surface area (Å²) < 4.78 is 52.2. The molecule has 2 aromatic rings. The summed E-state index contributed by atoms with van der Waals surface area (Å²) in [4.78, 5) is 47.5. The maximum absolute atomic E-state index is 11.8. The summed E-state index contributed by atoms with van der Waals surface area (Å²) in [5.41, 5.74) is 5.99. The van der Waals surface area contributed by atoms with Crippen molar-refractivity contribution in [3.05, 3.63) is 11.1 Å². The van der Waals surface area contributed by atoms with Gasteiger partial charge in [0.25, 0.3) is 0 Å². The van der Waals surface area contributed by atoms with Crippen LogP contribution in [0, 0.1) is 0 Å². The van der Waals surface area contributed by atoms with Gasteiger partial charge in [0.05, 0.1) is 6.61 Å². The second kappa shape index (κ2) is 9.05. The van der Waals surface area contributed by atoms with Crippen LogP contribution < -0.4 is 5.73 Å². The summed E-state index contributed by atoms with van der Waals surface area (Å²) in [6.45, 7) is -0.972. The Kier molecular flexibility index (Phi) is 7.28. The van der Waals surface area contributed by atoms with Gasteiger partial charge < -0.3 is 40.3 Å². The van der Waals surface area contributed by atoms with Crippen molar-refractivity contribution in [1.29, 1.82) is 0 Å². The first-order valence-corrected chi connectivity index (χ1v) is 13.4. The summed E-state index contributed by atoms with van der Waals surface area (Å²) in [5.74, 6) is 0.0201. The van der Waals surface area contributed by atoms with Gasteiger partial charge in [0, 0.05) is 0 Å². The molecule has 2 unspecified atom stereocenters. The zero-order valence-electron chi connectivity index (χ0n) is 15.2. The first kappa shape index (κ1) is 25.7. The van der Waals surface area contributed by atoms with Crippen molar-refractivity contribution in [2.24, 2.45) is 0 Å². The lowest BCUT2D eigenvalue weighted by Crippen LogP contribution is -2.33. The zero-order chi connectivity index (χ0) is 24.1. The van der Waals surface area contributed by atoms with Gasteiger partial charge in [-0.05, 0) is 15.9 Å². The number of imidazole rings is 1. The third kappa shape index (κ3) is 5.78. The quantitative estimate of drug-likeness (QED) is 0.146. The first-order valence-electron chi connectivity index (χ1n) is 8.04. The van der Waals surface area contributed by atoms with Crippen LogP contribution in [-0.4, -0.2) is 74.2 Å². The van der Waals surface area contributed by atoms with Gasteiger partial charge in [0.15, 0.2) is 27.9 Å². The van der Waals surface area contributed by atoms with E-state index in [0.29, 0.717) is 0 Å². The number of rotatable bonds is 8. The smallest absolute Gasteiger partial charge is 0.387 e. The van der Waals surface area contributed by atoms with Crippen molar-refractivity contribution < 1.29 is 61.4 Å². The molecule has 3 heterocycles. The van der Waals surface area contributed by atoms with Gasteiger partial charge in [-0.1, -0.05) is 0 Å². The van der Waals surface area contributed by atoms with E-state index in [1.807, 2.05) is 0 Å². The third-order valence-electron chi connectivity index (χ3n) is 3.87. The fourth-order valence-corrected chi connectivity index (χ4v) is 6.25. The lowest BCUT2D eigenvalue weighted by molar-refractivity contribution is -0.0513. The number of halogens is 1. The molecule has 0 aliphatic carbocycles. The molecule has 1 saturated heterocycles. The summed E-state index contributed by atoms with van der Waals surface area (Å²) >= 11 is 3.13. The normalized spacial score (nSPS) is 28.0. The molecule has 0 aromatic carbocycles. The molecule has 180 valence electrons. The Balaban J connectivity index is 1.73. The van der Waals surface area contributed by atoms with Crippen molar-refractivity contribution in [2.45, 2.75) is 24.5 Å². The highest BCUT2D eigenvalue weighted by atomic mass is 79.9. The number of phosphoric ester groups is 1. The topological polar surface area (TPSA) is 279 Å². The summed E-state index contributed by atoms with van der Waals surface area (Å²) in [6, 6.07) is 0. The van der Waals surface area contributed by atoms with Gasteiger partial charge in [0.1, 0.15) is 24.6 Å². The molecule has 6 atom stereocenters. The molecular weight excluding hydrogens is 571 g/mol. The lowest BCUT2D eigenvalue weighted by Gasteiger charge is -2.19. The lowest BCUT2D eigenvalue weighted by atomic mass is 10.1. The highest BCUT2D eigenvalue weighted by Crippen LogP contribution is 2.66. The monoisotopic (exact) mass is 585 g/mol. The summed E-state index contributed by atoms with van der Waals surface area (Å²) in [5, 5.41) is 20.6. The summed E-state index contributed by atoms with van der Waals surface area (Å²) in [6.07, 6.45) is -5.03. The van der Waals surface area contributed by atoms with E-state index < -0.39 is 54.6 Å². The number of nitrogens with two attached hydrogens (primary N) is 1.